The summed E-state index contributed by atoms with van der Waals surface area (Å²) in [5.74, 6) is -0.875. The molecule has 0 aliphatic rings. The molecule has 0 N–H and O–H groups in total. The van der Waals surface area contributed by atoms with E-state index in [1.165, 1.54) is 161 Å². The highest BCUT2D eigenvalue weighted by Gasteiger charge is 2.19. The molecule has 0 aliphatic heterocycles. The number of allylic oxidation sites excluding steroid dienone is 16. The second-order valence-corrected chi connectivity index (χ2v) is 21.3. The third kappa shape index (κ3) is 61.2. The number of rotatable bonds is 58. The van der Waals surface area contributed by atoms with Gasteiger partial charge in [-0.3, -0.25) is 14.4 Å². The van der Waals surface area contributed by atoms with E-state index in [9.17, 15) is 14.4 Å². The van der Waals surface area contributed by atoms with Gasteiger partial charge in [0, 0.05) is 19.3 Å². The molecule has 6 heteroatoms. The Morgan fingerprint density at radius 3 is 0.803 bits per heavy atom. The highest BCUT2D eigenvalue weighted by atomic mass is 16.6. The predicted octanol–water partition coefficient (Wildman–Crippen LogP) is 22.0. The summed E-state index contributed by atoms with van der Waals surface area (Å²) in [7, 11) is 0. The summed E-state index contributed by atoms with van der Waals surface area (Å²) in [6.45, 7) is 6.44. The predicted molar refractivity (Wildman–Crippen MR) is 330 cm³/mol. The molecule has 0 aromatic carbocycles. The Labute approximate surface area is 470 Å². The van der Waals surface area contributed by atoms with Crippen molar-refractivity contribution in [3.8, 4) is 0 Å². The fraction of sp³-hybridized carbons (Fsp3) is 0.729. The molecule has 0 amide bonds. The van der Waals surface area contributed by atoms with Gasteiger partial charge in [0.05, 0.1) is 0 Å². The van der Waals surface area contributed by atoms with Crippen LogP contribution in [0.25, 0.3) is 0 Å². The lowest BCUT2D eigenvalue weighted by Crippen LogP contribution is -2.30. The van der Waals surface area contributed by atoms with Gasteiger partial charge < -0.3 is 14.2 Å². The molecule has 0 heterocycles. The van der Waals surface area contributed by atoms with E-state index >= 15 is 0 Å². The van der Waals surface area contributed by atoms with Crippen molar-refractivity contribution in [3.63, 3.8) is 0 Å². The molecule has 6 nitrogen and oxygen atoms in total. The molecule has 0 fully saturated rings. The van der Waals surface area contributed by atoms with E-state index < -0.39 is 6.10 Å². The lowest BCUT2D eigenvalue weighted by molar-refractivity contribution is -0.167. The van der Waals surface area contributed by atoms with Gasteiger partial charge in [0.2, 0.25) is 0 Å². The number of unbranched alkanes of at least 4 members (excludes halogenated alkanes) is 31. The van der Waals surface area contributed by atoms with Crippen LogP contribution >= 0.6 is 0 Å². The maximum Gasteiger partial charge on any atom is 0.306 e. The molecule has 0 radical (unpaired) electrons. The fourth-order valence-corrected chi connectivity index (χ4v) is 9.07. The Kier molecular flexibility index (Phi) is 60.8. The van der Waals surface area contributed by atoms with Crippen LogP contribution in [-0.4, -0.2) is 37.2 Å². The summed E-state index contributed by atoms with van der Waals surface area (Å²) in [4.78, 5) is 38.3. The van der Waals surface area contributed by atoms with E-state index in [-0.39, 0.29) is 31.1 Å². The van der Waals surface area contributed by atoms with Gasteiger partial charge in [0.15, 0.2) is 6.10 Å². The number of carbonyl (C=O) groups is 3. The summed E-state index contributed by atoms with van der Waals surface area (Å²) in [6, 6.07) is 0. The maximum absolute atomic E-state index is 12.9. The van der Waals surface area contributed by atoms with E-state index in [0.29, 0.717) is 19.3 Å². The maximum atomic E-state index is 12.9. The first kappa shape index (κ1) is 72.3. The Hall–Kier alpha value is -3.67. The van der Waals surface area contributed by atoms with Gasteiger partial charge in [-0.15, -0.1) is 0 Å². The zero-order valence-corrected chi connectivity index (χ0v) is 50.0. The molecule has 0 saturated heterocycles. The Morgan fingerprint density at radius 2 is 0.513 bits per heavy atom. The topological polar surface area (TPSA) is 78.9 Å². The second-order valence-electron chi connectivity index (χ2n) is 21.3. The van der Waals surface area contributed by atoms with Crippen LogP contribution in [-0.2, 0) is 28.6 Å². The standard InChI is InChI=1S/C70H120O6/c1-4-7-10-13-16-19-22-25-27-29-31-33-35-37-39-41-43-45-48-51-54-57-60-63-69(72)75-66-67(65-74-68(71)62-59-56-53-50-47-24-21-18-15-12-9-6-3)76-70(73)64-61-58-55-52-49-46-44-42-40-38-36-34-32-30-28-26-23-20-17-14-11-8-5-2/h7-8,10-11,16-17,19-20,25-28,31-34,67H,4-6,9,12-15,18,21-24,29-30,35-66H2,1-3H3/b10-7-,11-8-,19-16-,20-17-,27-25-,28-26-,33-31-,34-32-. The van der Waals surface area contributed by atoms with Crippen LogP contribution in [0.4, 0.5) is 0 Å². The van der Waals surface area contributed by atoms with Crippen molar-refractivity contribution in [1.29, 1.82) is 0 Å². The van der Waals surface area contributed by atoms with Crippen molar-refractivity contribution in [1.82, 2.24) is 0 Å². The van der Waals surface area contributed by atoms with Gasteiger partial charge in [-0.1, -0.05) is 291 Å². The number of hydrogen-bond acceptors (Lipinski definition) is 6. The lowest BCUT2D eigenvalue weighted by atomic mass is 10.0. The van der Waals surface area contributed by atoms with E-state index in [1.54, 1.807) is 0 Å². The third-order valence-electron chi connectivity index (χ3n) is 13.8. The summed E-state index contributed by atoms with van der Waals surface area (Å²) in [6.07, 6.45) is 85.5. The van der Waals surface area contributed by atoms with Crippen LogP contribution < -0.4 is 0 Å². The molecule has 0 saturated carbocycles. The van der Waals surface area contributed by atoms with Crippen LogP contribution in [0.1, 0.15) is 310 Å². The highest BCUT2D eigenvalue weighted by molar-refractivity contribution is 5.71. The van der Waals surface area contributed by atoms with Gasteiger partial charge in [-0.25, -0.2) is 0 Å². The first-order valence-corrected chi connectivity index (χ1v) is 32.2. The molecule has 436 valence electrons. The Balaban J connectivity index is 4.31. The van der Waals surface area contributed by atoms with Crippen LogP contribution in [0.5, 0.6) is 0 Å². The van der Waals surface area contributed by atoms with Crippen molar-refractivity contribution < 1.29 is 28.6 Å². The minimum atomic E-state index is -0.781. The highest BCUT2D eigenvalue weighted by Crippen LogP contribution is 2.17. The normalized spacial score (nSPS) is 12.7. The first-order chi connectivity index (χ1) is 37.5. The van der Waals surface area contributed by atoms with E-state index in [2.05, 4.69) is 118 Å². The SMILES string of the molecule is CC/C=C\C/C=C\C/C=C\C/C=C\CCCCCCCCCCCCC(=O)OCC(COC(=O)CCCCCCCCCCCCCC)OC(=O)CCCCCCCCCCCC/C=C\C/C=C\C/C=C\C/C=C\CC. The quantitative estimate of drug-likeness (QED) is 0.0261. The van der Waals surface area contributed by atoms with Crippen molar-refractivity contribution in [2.45, 2.75) is 316 Å². The number of esters is 3. The van der Waals surface area contributed by atoms with Crippen LogP contribution in [0.3, 0.4) is 0 Å². The zero-order chi connectivity index (χ0) is 55.0. The lowest BCUT2D eigenvalue weighted by Gasteiger charge is -2.18. The van der Waals surface area contributed by atoms with Crippen molar-refractivity contribution >= 4 is 17.9 Å². The molecule has 0 rings (SSSR count). The van der Waals surface area contributed by atoms with Gasteiger partial charge in [0.1, 0.15) is 13.2 Å². The third-order valence-corrected chi connectivity index (χ3v) is 13.8. The zero-order valence-electron chi connectivity index (χ0n) is 50.0. The van der Waals surface area contributed by atoms with Gasteiger partial charge in [-0.2, -0.15) is 0 Å². The molecule has 76 heavy (non-hydrogen) atoms. The van der Waals surface area contributed by atoms with Crippen LogP contribution in [0, 0.1) is 0 Å². The van der Waals surface area contributed by atoms with E-state index in [4.69, 9.17) is 14.2 Å². The van der Waals surface area contributed by atoms with Crippen molar-refractivity contribution in [3.05, 3.63) is 97.2 Å². The molecule has 1 atom stereocenters. The smallest absolute Gasteiger partial charge is 0.306 e. The molecule has 0 spiro atoms. The Morgan fingerprint density at radius 1 is 0.276 bits per heavy atom. The average Bonchev–Trinajstić information content (AvgIpc) is 3.42. The molecule has 0 aromatic rings. The molecule has 1 unspecified atom stereocenters. The van der Waals surface area contributed by atoms with Crippen molar-refractivity contribution in [2.75, 3.05) is 13.2 Å². The fourth-order valence-electron chi connectivity index (χ4n) is 9.07. The largest absolute Gasteiger partial charge is 0.462 e. The molecule has 0 aliphatic carbocycles. The number of ether oxygens (including phenoxy) is 3. The molecule has 0 bridgehead atoms. The first-order valence-electron chi connectivity index (χ1n) is 32.2. The Bertz CT molecular complexity index is 1490. The average molecular weight is 1060 g/mol. The summed E-state index contributed by atoms with van der Waals surface area (Å²) in [5.41, 5.74) is 0. The van der Waals surface area contributed by atoms with Gasteiger partial charge in [-0.05, 0) is 96.3 Å². The molecular weight excluding hydrogens is 937 g/mol. The van der Waals surface area contributed by atoms with E-state index in [0.717, 1.165) is 109 Å². The summed E-state index contributed by atoms with van der Waals surface area (Å²) < 4.78 is 16.9. The minimum Gasteiger partial charge on any atom is -0.462 e. The van der Waals surface area contributed by atoms with Crippen LogP contribution in [0.15, 0.2) is 97.2 Å². The summed E-state index contributed by atoms with van der Waals surface area (Å²) in [5, 5.41) is 0. The number of hydrogen-bond donors (Lipinski definition) is 0. The van der Waals surface area contributed by atoms with Crippen molar-refractivity contribution in [2.24, 2.45) is 0 Å². The number of carbonyl (C=O) groups excluding carboxylic acids is 3. The van der Waals surface area contributed by atoms with Gasteiger partial charge in [0.25, 0.3) is 0 Å². The minimum absolute atomic E-state index is 0.0775. The molecule has 0 aromatic heterocycles. The monoisotopic (exact) mass is 1060 g/mol. The second kappa shape index (κ2) is 63.9. The van der Waals surface area contributed by atoms with E-state index in [1.807, 2.05) is 0 Å². The van der Waals surface area contributed by atoms with Crippen LogP contribution in [0.2, 0.25) is 0 Å². The van der Waals surface area contributed by atoms with Gasteiger partial charge >= 0.3 is 17.9 Å². The summed E-state index contributed by atoms with van der Waals surface area (Å²) >= 11 is 0. The molecular formula is C70H120O6.